The van der Waals surface area contributed by atoms with Crippen molar-refractivity contribution in [2.75, 3.05) is 12.4 Å². The Morgan fingerprint density at radius 1 is 1.31 bits per heavy atom. The highest BCUT2D eigenvalue weighted by Gasteiger charge is 2.23. The Kier molecular flexibility index (Phi) is 5.84. The Labute approximate surface area is 193 Å². The normalized spacial score (nSPS) is 16.2. The first-order valence-corrected chi connectivity index (χ1v) is 12.4. The van der Waals surface area contributed by atoms with Crippen molar-refractivity contribution in [3.05, 3.63) is 63.6 Å². The largest absolute Gasteiger partial charge is 0.376 e. The topological polar surface area (TPSA) is 74.1 Å². The van der Waals surface area contributed by atoms with Crippen molar-refractivity contribution in [2.45, 2.75) is 44.5 Å². The fourth-order valence-corrected chi connectivity index (χ4v) is 5.96. The van der Waals surface area contributed by atoms with Gasteiger partial charge in [0.15, 0.2) is 10.9 Å². The summed E-state index contributed by atoms with van der Waals surface area (Å²) in [6.07, 6.45) is 3.63. The van der Waals surface area contributed by atoms with E-state index in [1.54, 1.807) is 10.8 Å². The van der Waals surface area contributed by atoms with Crippen LogP contribution in [0.2, 0.25) is 0 Å². The minimum absolute atomic E-state index is 0.00600. The minimum Gasteiger partial charge on any atom is -0.376 e. The number of thioether (sulfide) groups is 1. The summed E-state index contributed by atoms with van der Waals surface area (Å²) >= 11 is 2.69. The zero-order valence-electron chi connectivity index (χ0n) is 18.0. The molecule has 1 aromatic carbocycles. The molecule has 1 aliphatic heterocycles. The van der Waals surface area contributed by atoms with Crippen LogP contribution in [0.1, 0.15) is 34.3 Å². The average molecular weight is 466 g/mol. The molecular formula is C24H23N3O3S2. The molecule has 32 heavy (non-hydrogen) atoms. The van der Waals surface area contributed by atoms with E-state index in [1.807, 2.05) is 44.2 Å². The molecule has 1 saturated heterocycles. The number of Topliss-reactive ketones (excluding diaryl/α,β-unsaturated/α-hetero) is 1. The van der Waals surface area contributed by atoms with Crippen LogP contribution in [0.4, 0.5) is 0 Å². The molecule has 6 nitrogen and oxygen atoms in total. The number of fused-ring (bicyclic) bond motifs is 3. The summed E-state index contributed by atoms with van der Waals surface area (Å²) in [7, 11) is 0. The maximum Gasteiger partial charge on any atom is 0.272 e. The van der Waals surface area contributed by atoms with E-state index < -0.39 is 0 Å². The van der Waals surface area contributed by atoms with Crippen molar-refractivity contribution in [1.29, 1.82) is 0 Å². The van der Waals surface area contributed by atoms with Crippen LogP contribution in [0, 0.1) is 13.8 Å². The second kappa shape index (κ2) is 8.77. The van der Waals surface area contributed by atoms with Crippen molar-refractivity contribution in [3.8, 4) is 0 Å². The highest BCUT2D eigenvalue weighted by atomic mass is 32.2. The lowest BCUT2D eigenvalue weighted by Gasteiger charge is -2.15. The molecule has 4 aromatic rings. The summed E-state index contributed by atoms with van der Waals surface area (Å²) in [4.78, 5) is 36.5. The Bertz CT molecular complexity index is 1390. The van der Waals surface area contributed by atoms with E-state index in [0.717, 1.165) is 46.4 Å². The second-order valence-electron chi connectivity index (χ2n) is 8.11. The van der Waals surface area contributed by atoms with Gasteiger partial charge in [-0.1, -0.05) is 29.5 Å². The Morgan fingerprint density at radius 2 is 2.19 bits per heavy atom. The highest BCUT2D eigenvalue weighted by Crippen LogP contribution is 2.31. The number of ether oxygens (including phenoxy) is 1. The van der Waals surface area contributed by atoms with E-state index in [9.17, 15) is 9.59 Å². The molecule has 0 saturated carbocycles. The van der Waals surface area contributed by atoms with Crippen LogP contribution < -0.4 is 5.56 Å². The summed E-state index contributed by atoms with van der Waals surface area (Å²) in [5.74, 6) is 0.250. The predicted molar refractivity (Wildman–Crippen MR) is 129 cm³/mol. The van der Waals surface area contributed by atoms with E-state index in [-0.39, 0.29) is 23.2 Å². The minimum atomic E-state index is -0.0878. The van der Waals surface area contributed by atoms with E-state index >= 15 is 0 Å². The number of carbonyl (C=O) groups is 1. The molecule has 0 aliphatic carbocycles. The predicted octanol–water partition coefficient (Wildman–Crippen LogP) is 4.78. The Balaban J connectivity index is 1.54. The van der Waals surface area contributed by atoms with Gasteiger partial charge in [-0.05, 0) is 50.5 Å². The van der Waals surface area contributed by atoms with Gasteiger partial charge in [-0.25, -0.2) is 9.97 Å². The van der Waals surface area contributed by atoms with Crippen LogP contribution in [0.3, 0.4) is 0 Å². The molecule has 0 amide bonds. The first kappa shape index (κ1) is 21.3. The molecule has 1 fully saturated rings. The van der Waals surface area contributed by atoms with Crippen LogP contribution >= 0.6 is 23.1 Å². The number of hydrogen-bond acceptors (Lipinski definition) is 7. The first-order chi connectivity index (χ1) is 15.5. The van der Waals surface area contributed by atoms with E-state index in [1.165, 1.54) is 23.1 Å². The van der Waals surface area contributed by atoms with E-state index in [4.69, 9.17) is 9.72 Å². The zero-order chi connectivity index (χ0) is 22.2. The second-order valence-corrected chi connectivity index (χ2v) is 10.1. The molecule has 1 aliphatic rings. The van der Waals surface area contributed by atoms with Gasteiger partial charge >= 0.3 is 0 Å². The standard InChI is InChI=1S/C24H23N3O3S2/c1-14-7-8-15(2)18(11-14)19(28)13-31-24-26-20-17-6-3-9-25-22(17)32-21(20)23(29)27(24)12-16-5-4-10-30-16/h3,6-9,11,16H,4-5,10,12-13H2,1-2H3. The molecule has 8 heteroatoms. The monoisotopic (exact) mass is 465 g/mol. The number of pyridine rings is 1. The SMILES string of the molecule is Cc1ccc(C)c(C(=O)CSc2nc3c(sc4ncccc43)c(=O)n2CC2CCCO2)c1. The maximum absolute atomic E-state index is 13.5. The van der Waals surface area contributed by atoms with Crippen LogP contribution in [-0.4, -0.2) is 38.8 Å². The average Bonchev–Trinajstić information content (AvgIpc) is 3.44. The molecule has 0 N–H and O–H groups in total. The number of nitrogens with zero attached hydrogens (tertiary/aromatic N) is 3. The van der Waals surface area contributed by atoms with Gasteiger partial charge in [0.1, 0.15) is 9.53 Å². The van der Waals surface area contributed by atoms with Crippen molar-refractivity contribution < 1.29 is 9.53 Å². The van der Waals surface area contributed by atoms with Crippen molar-refractivity contribution in [1.82, 2.24) is 14.5 Å². The van der Waals surface area contributed by atoms with Gasteiger partial charge in [0.05, 0.1) is 23.9 Å². The fraction of sp³-hybridized carbons (Fsp3) is 0.333. The lowest BCUT2D eigenvalue weighted by Crippen LogP contribution is -2.28. The smallest absolute Gasteiger partial charge is 0.272 e. The quantitative estimate of drug-likeness (QED) is 0.232. The first-order valence-electron chi connectivity index (χ1n) is 10.6. The van der Waals surface area contributed by atoms with Gasteiger partial charge in [-0.3, -0.25) is 14.2 Å². The molecule has 5 rings (SSSR count). The molecule has 3 aromatic heterocycles. The fourth-order valence-electron chi connectivity index (χ4n) is 4.05. The van der Waals surface area contributed by atoms with Gasteiger partial charge in [-0.15, -0.1) is 11.3 Å². The number of benzene rings is 1. The number of carbonyl (C=O) groups excluding carboxylic acids is 1. The lowest BCUT2D eigenvalue weighted by atomic mass is 10.0. The number of hydrogen-bond donors (Lipinski definition) is 0. The van der Waals surface area contributed by atoms with Gasteiger partial charge in [0.2, 0.25) is 0 Å². The van der Waals surface area contributed by atoms with E-state index in [0.29, 0.717) is 21.9 Å². The third-order valence-electron chi connectivity index (χ3n) is 5.75. The molecule has 0 spiro atoms. The van der Waals surface area contributed by atoms with Gasteiger partial charge in [-0.2, -0.15) is 0 Å². The zero-order valence-corrected chi connectivity index (χ0v) is 19.6. The molecule has 1 atom stereocenters. The van der Waals surface area contributed by atoms with E-state index in [2.05, 4.69) is 4.98 Å². The number of aryl methyl sites for hydroxylation is 2. The van der Waals surface area contributed by atoms with Crippen LogP contribution in [0.25, 0.3) is 20.4 Å². The maximum atomic E-state index is 13.5. The summed E-state index contributed by atoms with van der Waals surface area (Å²) in [6, 6.07) is 9.68. The van der Waals surface area contributed by atoms with Crippen molar-refractivity contribution in [2.24, 2.45) is 0 Å². The van der Waals surface area contributed by atoms with Crippen molar-refractivity contribution >= 4 is 49.3 Å². The summed E-state index contributed by atoms with van der Waals surface area (Å²) in [6.45, 7) is 5.09. The van der Waals surface area contributed by atoms with Crippen molar-refractivity contribution in [3.63, 3.8) is 0 Å². The molecule has 0 radical (unpaired) electrons. The molecule has 1 unspecified atom stereocenters. The third-order valence-corrected chi connectivity index (χ3v) is 7.82. The van der Waals surface area contributed by atoms with Crippen LogP contribution in [0.15, 0.2) is 46.5 Å². The molecule has 4 heterocycles. The molecule has 164 valence electrons. The van der Waals surface area contributed by atoms with Gasteiger partial charge < -0.3 is 4.74 Å². The Morgan fingerprint density at radius 3 is 3.00 bits per heavy atom. The number of thiophene rings is 1. The lowest BCUT2D eigenvalue weighted by molar-refractivity contribution is 0.0938. The van der Waals surface area contributed by atoms with Crippen LogP contribution in [0.5, 0.6) is 0 Å². The van der Waals surface area contributed by atoms with Gasteiger partial charge in [0, 0.05) is 23.8 Å². The Hall–Kier alpha value is -2.55. The number of ketones is 1. The summed E-state index contributed by atoms with van der Waals surface area (Å²) in [5, 5.41) is 1.43. The number of aromatic nitrogens is 3. The van der Waals surface area contributed by atoms with Crippen LogP contribution in [-0.2, 0) is 11.3 Å². The summed E-state index contributed by atoms with van der Waals surface area (Å²) in [5.41, 5.74) is 3.30. The third kappa shape index (κ3) is 3.98. The van der Waals surface area contributed by atoms with Gasteiger partial charge in [0.25, 0.3) is 5.56 Å². The summed E-state index contributed by atoms with van der Waals surface area (Å²) < 4.78 is 8.08. The highest BCUT2D eigenvalue weighted by molar-refractivity contribution is 7.99. The molecule has 0 bridgehead atoms. The number of rotatable bonds is 6. The molecular weight excluding hydrogens is 442 g/mol.